The molecule has 122 valence electrons. The number of nitrogens with zero attached hydrogens (tertiary/aromatic N) is 2. The van der Waals surface area contributed by atoms with Gasteiger partial charge in [0, 0.05) is 5.56 Å². The Bertz CT molecular complexity index is 628. The predicted molar refractivity (Wildman–Crippen MR) is 93.2 cm³/mol. The van der Waals surface area contributed by atoms with Gasteiger partial charge in [-0.2, -0.15) is 10.2 Å². The van der Waals surface area contributed by atoms with E-state index < -0.39 is 20.8 Å². The molecule has 0 unspecified atom stereocenters. The van der Waals surface area contributed by atoms with Crippen molar-refractivity contribution in [2.45, 2.75) is 32.7 Å². The van der Waals surface area contributed by atoms with E-state index in [1.165, 1.54) is 0 Å². The molecule has 2 rings (SSSR count). The first-order valence-electron chi connectivity index (χ1n) is 7.10. The van der Waals surface area contributed by atoms with Crippen LogP contribution in [-0.2, 0) is 32.8 Å². The normalized spacial score (nSPS) is 11.0. The monoisotopic (exact) mass is 428 g/mol. The summed E-state index contributed by atoms with van der Waals surface area (Å²) >= 11 is -0.826. The van der Waals surface area contributed by atoms with Crippen molar-refractivity contribution in [1.29, 1.82) is 0 Å². The molecule has 0 aliphatic heterocycles. The van der Waals surface area contributed by atoms with Gasteiger partial charge in [-0.05, 0) is 17.0 Å². The molecule has 0 aliphatic rings. The fourth-order valence-electron chi connectivity index (χ4n) is 1.99. The second-order valence-electron chi connectivity index (χ2n) is 5.88. The number of hydrogen-bond donors (Lipinski definition) is 1. The Morgan fingerprint density at radius 1 is 1.00 bits per heavy atom. The van der Waals surface area contributed by atoms with E-state index in [4.69, 9.17) is 17.0 Å². The van der Waals surface area contributed by atoms with Crippen molar-refractivity contribution in [3.05, 3.63) is 59.7 Å². The van der Waals surface area contributed by atoms with Crippen LogP contribution in [-0.4, -0.2) is 5.11 Å². The number of hydrogen-bond acceptors (Lipinski definition) is 3. The van der Waals surface area contributed by atoms with Crippen LogP contribution in [0.25, 0.3) is 0 Å². The summed E-state index contributed by atoms with van der Waals surface area (Å²) in [6.07, 6.45) is 0. The third-order valence-electron chi connectivity index (χ3n) is 3.10. The molecule has 2 aromatic carbocycles. The Balaban J connectivity index is 0.000000816. The molecule has 0 amide bonds. The first-order chi connectivity index (χ1) is 10.9. The van der Waals surface area contributed by atoms with Gasteiger partial charge in [-0.25, -0.2) is 0 Å². The van der Waals surface area contributed by atoms with Gasteiger partial charge in [-0.15, -0.1) is 0 Å². The van der Waals surface area contributed by atoms with Crippen LogP contribution < -0.4 is 0 Å². The number of halogens is 2. The van der Waals surface area contributed by atoms with Crippen LogP contribution >= 0.6 is 17.0 Å². The van der Waals surface area contributed by atoms with Crippen LogP contribution in [0.4, 0.5) is 5.69 Å². The average molecular weight is 430 g/mol. The summed E-state index contributed by atoms with van der Waals surface area (Å²) in [5.41, 5.74) is 2.39. The molecule has 0 heterocycles. The van der Waals surface area contributed by atoms with Crippen LogP contribution in [0.15, 0.2) is 58.8 Å². The topological polar surface area (TPSA) is 45.0 Å². The van der Waals surface area contributed by atoms with Gasteiger partial charge in [0.25, 0.3) is 0 Å². The summed E-state index contributed by atoms with van der Waals surface area (Å²) in [7, 11) is 9.87. The molecule has 1 N–H and O–H groups in total. The number of para-hydroxylation sites is 1. The summed E-state index contributed by atoms with van der Waals surface area (Å²) in [5, 5.41) is 18.6. The molecule has 0 saturated heterocycles. The average Bonchev–Trinajstić information content (AvgIpc) is 2.50. The molecular formula is C17H20Cl2N2OZr. The molecule has 23 heavy (non-hydrogen) atoms. The van der Waals surface area contributed by atoms with E-state index in [1.54, 1.807) is 6.07 Å². The van der Waals surface area contributed by atoms with Gasteiger partial charge >= 0.3 is 37.9 Å². The van der Waals surface area contributed by atoms with E-state index in [9.17, 15) is 5.11 Å². The minimum atomic E-state index is -0.826. The van der Waals surface area contributed by atoms with Crippen LogP contribution in [0.5, 0.6) is 5.75 Å². The maximum atomic E-state index is 10.3. The fraction of sp³-hybridized carbons (Fsp3) is 0.294. The second kappa shape index (κ2) is 10.2. The maximum absolute atomic E-state index is 10.3. The van der Waals surface area contributed by atoms with E-state index in [-0.39, 0.29) is 11.2 Å². The van der Waals surface area contributed by atoms with Gasteiger partial charge in [0.1, 0.15) is 11.4 Å². The molecule has 0 aromatic heterocycles. The zero-order chi connectivity index (χ0) is 17.3. The third-order valence-corrected chi connectivity index (χ3v) is 3.10. The SMILES string of the molecule is CC(C)(C)c1cccc(N=NCc2ccccc2)c1O.[Cl][Zr][Cl]. The summed E-state index contributed by atoms with van der Waals surface area (Å²) in [4.78, 5) is 0. The Morgan fingerprint density at radius 2 is 1.61 bits per heavy atom. The molecule has 0 saturated carbocycles. The Kier molecular flexibility index (Phi) is 9.05. The van der Waals surface area contributed by atoms with Gasteiger partial charge in [0.15, 0.2) is 0 Å². The van der Waals surface area contributed by atoms with Crippen LogP contribution in [0.1, 0.15) is 31.9 Å². The first-order valence-corrected chi connectivity index (χ1v) is 13.4. The van der Waals surface area contributed by atoms with Gasteiger partial charge in [0.2, 0.25) is 0 Å². The zero-order valence-electron chi connectivity index (χ0n) is 13.4. The van der Waals surface area contributed by atoms with Crippen molar-refractivity contribution >= 4 is 22.7 Å². The molecule has 0 radical (unpaired) electrons. The van der Waals surface area contributed by atoms with E-state index in [0.717, 1.165) is 11.1 Å². The third kappa shape index (κ3) is 7.16. The zero-order valence-corrected chi connectivity index (χ0v) is 17.4. The number of rotatable bonds is 3. The quantitative estimate of drug-likeness (QED) is 0.567. The molecule has 0 aliphatic carbocycles. The van der Waals surface area contributed by atoms with Crippen molar-refractivity contribution in [3.63, 3.8) is 0 Å². The Labute approximate surface area is 156 Å². The molecule has 0 bridgehead atoms. The van der Waals surface area contributed by atoms with Gasteiger partial charge in [-0.3, -0.25) is 0 Å². The number of phenolic OH excluding ortho intramolecular Hbond substituents is 1. The molecule has 3 nitrogen and oxygen atoms in total. The van der Waals surface area contributed by atoms with Crippen molar-refractivity contribution in [2.75, 3.05) is 0 Å². The van der Waals surface area contributed by atoms with Crippen LogP contribution in [0, 0.1) is 0 Å². The number of aromatic hydroxyl groups is 1. The van der Waals surface area contributed by atoms with Crippen molar-refractivity contribution in [2.24, 2.45) is 10.2 Å². The summed E-state index contributed by atoms with van der Waals surface area (Å²) in [6, 6.07) is 15.5. The summed E-state index contributed by atoms with van der Waals surface area (Å²) in [6.45, 7) is 6.70. The van der Waals surface area contributed by atoms with Gasteiger partial charge in [0.05, 0.1) is 6.54 Å². The number of azo groups is 1. The van der Waals surface area contributed by atoms with E-state index in [2.05, 4.69) is 31.0 Å². The molecule has 0 spiro atoms. The predicted octanol–water partition coefficient (Wildman–Crippen LogP) is 6.35. The molecule has 0 atom stereocenters. The Morgan fingerprint density at radius 3 is 2.17 bits per heavy atom. The first kappa shape index (κ1) is 20.3. The second-order valence-corrected chi connectivity index (χ2v) is 9.61. The van der Waals surface area contributed by atoms with Crippen molar-refractivity contribution in [3.8, 4) is 5.75 Å². The summed E-state index contributed by atoms with van der Waals surface area (Å²) < 4.78 is 0. The molecular weight excluding hydrogens is 410 g/mol. The minimum absolute atomic E-state index is 0.116. The number of phenols is 1. The molecule has 0 fully saturated rings. The Hall–Kier alpha value is -0.697. The van der Waals surface area contributed by atoms with Gasteiger partial charge < -0.3 is 5.11 Å². The standard InChI is InChI=1S/C17H20N2O.2ClH.Zr/c1-17(2,3)14-10-7-11-15(16(14)20)19-18-12-13-8-5-4-6-9-13;;;/h4-11,20H,12H2,1-3H3;2*1H;/q;;;+2/p-2. The number of benzene rings is 2. The fourth-order valence-corrected chi connectivity index (χ4v) is 1.99. The van der Waals surface area contributed by atoms with E-state index >= 15 is 0 Å². The summed E-state index contributed by atoms with van der Waals surface area (Å²) in [5.74, 6) is 0.219. The van der Waals surface area contributed by atoms with E-state index in [0.29, 0.717) is 12.2 Å². The molecule has 6 heteroatoms. The van der Waals surface area contributed by atoms with Crippen molar-refractivity contribution < 1.29 is 26.0 Å². The van der Waals surface area contributed by atoms with Crippen LogP contribution in [0.3, 0.4) is 0 Å². The van der Waals surface area contributed by atoms with E-state index in [1.807, 2.05) is 42.5 Å². The van der Waals surface area contributed by atoms with Crippen molar-refractivity contribution in [1.82, 2.24) is 0 Å². The molecule has 2 aromatic rings. The van der Waals surface area contributed by atoms with Crippen LogP contribution in [0.2, 0.25) is 0 Å². The van der Waals surface area contributed by atoms with Gasteiger partial charge in [-0.1, -0.05) is 63.2 Å².